The van der Waals surface area contributed by atoms with Crippen LogP contribution in [0.2, 0.25) is 0 Å². The van der Waals surface area contributed by atoms with E-state index in [0.29, 0.717) is 13.1 Å². The van der Waals surface area contributed by atoms with Gasteiger partial charge in [-0.15, -0.1) is 5.10 Å². The summed E-state index contributed by atoms with van der Waals surface area (Å²) in [7, 11) is 0. The topological polar surface area (TPSA) is 63.1 Å². The number of nitrogens with one attached hydrogen (secondary N) is 1. The SMILES string of the molecule is C=C(C)CN(CC)C(=O)N[C@H](C)c1ccc(-n2ccnn2)cc1. The molecule has 23 heavy (non-hydrogen) atoms. The molecule has 0 spiro atoms. The van der Waals surface area contributed by atoms with E-state index in [1.54, 1.807) is 22.0 Å². The van der Waals surface area contributed by atoms with Crippen LogP contribution >= 0.6 is 0 Å². The molecule has 122 valence electrons. The van der Waals surface area contributed by atoms with Gasteiger partial charge < -0.3 is 10.2 Å². The zero-order valence-electron chi connectivity index (χ0n) is 13.9. The maximum absolute atomic E-state index is 12.3. The highest BCUT2D eigenvalue weighted by molar-refractivity contribution is 5.75. The second-order valence-corrected chi connectivity index (χ2v) is 5.58. The Bertz CT molecular complexity index is 648. The Hall–Kier alpha value is -2.63. The van der Waals surface area contributed by atoms with Gasteiger partial charge in [-0.25, -0.2) is 9.48 Å². The van der Waals surface area contributed by atoms with Gasteiger partial charge in [-0.05, 0) is 38.5 Å². The molecule has 0 aliphatic heterocycles. The van der Waals surface area contributed by atoms with Crippen LogP contribution in [0.3, 0.4) is 0 Å². The molecule has 1 heterocycles. The van der Waals surface area contributed by atoms with Crippen LogP contribution in [0.15, 0.2) is 48.8 Å². The van der Waals surface area contributed by atoms with E-state index in [9.17, 15) is 4.79 Å². The van der Waals surface area contributed by atoms with Gasteiger partial charge in [-0.1, -0.05) is 29.5 Å². The smallest absolute Gasteiger partial charge is 0.318 e. The third-order valence-electron chi connectivity index (χ3n) is 3.55. The minimum Gasteiger partial charge on any atom is -0.331 e. The summed E-state index contributed by atoms with van der Waals surface area (Å²) in [6, 6.07) is 7.72. The summed E-state index contributed by atoms with van der Waals surface area (Å²) < 4.78 is 1.69. The number of amides is 2. The molecule has 0 aliphatic rings. The first-order chi connectivity index (χ1) is 11.0. The largest absolute Gasteiger partial charge is 0.331 e. The molecule has 0 radical (unpaired) electrons. The van der Waals surface area contributed by atoms with Crippen molar-refractivity contribution in [3.63, 3.8) is 0 Å². The molecule has 1 atom stereocenters. The Morgan fingerprint density at radius 1 is 1.39 bits per heavy atom. The van der Waals surface area contributed by atoms with E-state index in [1.807, 2.05) is 45.0 Å². The molecule has 1 aromatic heterocycles. The Kier molecular flexibility index (Phi) is 5.51. The number of rotatable bonds is 6. The lowest BCUT2D eigenvalue weighted by Gasteiger charge is -2.24. The number of carbonyl (C=O) groups excluding carboxylic acids is 1. The average molecular weight is 313 g/mol. The lowest BCUT2D eigenvalue weighted by molar-refractivity contribution is 0.201. The predicted octanol–water partition coefficient (Wildman–Crippen LogP) is 2.94. The van der Waals surface area contributed by atoms with Gasteiger partial charge in [0.15, 0.2) is 0 Å². The number of hydrogen-bond donors (Lipinski definition) is 1. The second kappa shape index (κ2) is 7.58. The standard InChI is InChI=1S/C17H23N5O/c1-5-21(12-13(2)3)17(23)19-14(4)15-6-8-16(9-7-15)22-11-10-18-20-22/h6-11,14H,2,5,12H2,1,3-4H3,(H,19,23)/t14-/m1/s1. The van der Waals surface area contributed by atoms with Gasteiger partial charge in [-0.3, -0.25) is 0 Å². The van der Waals surface area contributed by atoms with Crippen LogP contribution in [0.1, 0.15) is 32.4 Å². The van der Waals surface area contributed by atoms with Gasteiger partial charge in [-0.2, -0.15) is 0 Å². The monoisotopic (exact) mass is 313 g/mol. The summed E-state index contributed by atoms with van der Waals surface area (Å²) >= 11 is 0. The summed E-state index contributed by atoms with van der Waals surface area (Å²) in [4.78, 5) is 14.0. The predicted molar refractivity (Wildman–Crippen MR) is 90.4 cm³/mol. The minimum absolute atomic E-state index is 0.0773. The molecule has 0 saturated carbocycles. The third kappa shape index (κ3) is 4.42. The first-order valence-electron chi connectivity index (χ1n) is 7.67. The number of likely N-dealkylation sites (N-methyl/N-ethyl adjacent to an activating group) is 1. The molecule has 0 unspecified atom stereocenters. The van der Waals surface area contributed by atoms with E-state index in [4.69, 9.17) is 0 Å². The van der Waals surface area contributed by atoms with Gasteiger partial charge in [0.2, 0.25) is 0 Å². The van der Waals surface area contributed by atoms with Gasteiger partial charge in [0.1, 0.15) is 0 Å². The highest BCUT2D eigenvalue weighted by Crippen LogP contribution is 2.15. The molecule has 2 rings (SSSR count). The van der Waals surface area contributed by atoms with Crippen molar-refractivity contribution in [2.75, 3.05) is 13.1 Å². The molecule has 1 N–H and O–H groups in total. The lowest BCUT2D eigenvalue weighted by atomic mass is 10.1. The van der Waals surface area contributed by atoms with Crippen LogP contribution < -0.4 is 5.32 Å². The van der Waals surface area contributed by atoms with Crippen molar-refractivity contribution in [3.8, 4) is 5.69 Å². The van der Waals surface area contributed by atoms with Crippen LogP contribution in [0.25, 0.3) is 5.69 Å². The molecule has 0 aliphatic carbocycles. The van der Waals surface area contributed by atoms with Crippen LogP contribution in [-0.2, 0) is 0 Å². The van der Waals surface area contributed by atoms with Crippen LogP contribution in [0.4, 0.5) is 4.79 Å². The maximum Gasteiger partial charge on any atom is 0.318 e. The summed E-state index contributed by atoms with van der Waals surface area (Å²) in [5.41, 5.74) is 2.93. The highest BCUT2D eigenvalue weighted by Gasteiger charge is 2.15. The van der Waals surface area contributed by atoms with E-state index in [-0.39, 0.29) is 12.1 Å². The number of aromatic nitrogens is 3. The first-order valence-corrected chi connectivity index (χ1v) is 7.67. The summed E-state index contributed by atoms with van der Waals surface area (Å²) in [5, 5.41) is 10.8. The van der Waals surface area contributed by atoms with Crippen molar-refractivity contribution >= 4 is 6.03 Å². The average Bonchev–Trinajstić information content (AvgIpc) is 3.06. The summed E-state index contributed by atoms with van der Waals surface area (Å²) in [6.07, 6.45) is 3.43. The van der Waals surface area contributed by atoms with Gasteiger partial charge in [0.05, 0.1) is 24.1 Å². The lowest BCUT2D eigenvalue weighted by Crippen LogP contribution is -2.41. The molecule has 6 heteroatoms. The number of hydrogen-bond acceptors (Lipinski definition) is 3. The number of carbonyl (C=O) groups is 1. The summed E-state index contributed by atoms with van der Waals surface area (Å²) in [6.45, 7) is 10.9. The van der Waals surface area contributed by atoms with Crippen molar-refractivity contribution in [2.45, 2.75) is 26.8 Å². The van der Waals surface area contributed by atoms with Crippen LogP contribution in [0.5, 0.6) is 0 Å². The number of urea groups is 1. The Labute approximate surface area is 136 Å². The van der Waals surface area contributed by atoms with Gasteiger partial charge in [0.25, 0.3) is 0 Å². The van der Waals surface area contributed by atoms with Crippen LogP contribution in [0, 0.1) is 0 Å². The van der Waals surface area contributed by atoms with E-state index < -0.39 is 0 Å². The van der Waals surface area contributed by atoms with Crippen molar-refractivity contribution in [1.29, 1.82) is 0 Å². The molecule has 1 aromatic carbocycles. The zero-order chi connectivity index (χ0) is 16.8. The van der Waals surface area contributed by atoms with Crippen molar-refractivity contribution in [2.24, 2.45) is 0 Å². The van der Waals surface area contributed by atoms with Gasteiger partial charge in [0, 0.05) is 13.1 Å². The third-order valence-corrected chi connectivity index (χ3v) is 3.55. The highest BCUT2D eigenvalue weighted by atomic mass is 16.2. The molecular weight excluding hydrogens is 290 g/mol. The van der Waals surface area contributed by atoms with E-state index >= 15 is 0 Å². The first kappa shape index (κ1) is 16.7. The van der Waals surface area contributed by atoms with Crippen molar-refractivity contribution < 1.29 is 4.79 Å². The van der Waals surface area contributed by atoms with Gasteiger partial charge >= 0.3 is 6.03 Å². The molecular formula is C17H23N5O. The maximum atomic E-state index is 12.3. The summed E-state index contributed by atoms with van der Waals surface area (Å²) in [5.74, 6) is 0. The minimum atomic E-state index is -0.0802. The fourth-order valence-electron chi connectivity index (χ4n) is 2.27. The molecule has 2 aromatic rings. The Balaban J connectivity index is 2.01. The van der Waals surface area contributed by atoms with Crippen molar-refractivity contribution in [3.05, 3.63) is 54.4 Å². The zero-order valence-corrected chi connectivity index (χ0v) is 13.9. The molecule has 0 fully saturated rings. The molecule has 6 nitrogen and oxygen atoms in total. The quantitative estimate of drug-likeness (QED) is 0.834. The Morgan fingerprint density at radius 3 is 2.61 bits per heavy atom. The van der Waals surface area contributed by atoms with E-state index in [0.717, 1.165) is 16.8 Å². The molecule has 0 saturated heterocycles. The second-order valence-electron chi connectivity index (χ2n) is 5.58. The van der Waals surface area contributed by atoms with Crippen molar-refractivity contribution in [1.82, 2.24) is 25.2 Å². The fraction of sp³-hybridized carbons (Fsp3) is 0.353. The van der Waals surface area contributed by atoms with E-state index in [1.165, 1.54) is 0 Å². The van der Waals surface area contributed by atoms with E-state index in [2.05, 4.69) is 22.2 Å². The fourth-order valence-corrected chi connectivity index (χ4v) is 2.27. The normalized spacial score (nSPS) is 11.8. The number of benzene rings is 1. The number of nitrogens with zero attached hydrogens (tertiary/aromatic N) is 4. The van der Waals surface area contributed by atoms with Crippen LogP contribution in [-0.4, -0.2) is 39.0 Å². The molecule has 0 bridgehead atoms. The molecule has 2 amide bonds. The Morgan fingerprint density at radius 2 is 2.09 bits per heavy atom.